The minimum absolute atomic E-state index is 0.0728. The fraction of sp³-hybridized carbons (Fsp3) is 0.400. The minimum atomic E-state index is -2.37. The topological polar surface area (TPSA) is 63.7 Å². The number of carbonyl (C=O) groups is 3. The van der Waals surface area contributed by atoms with Crippen LogP contribution < -0.4 is 0 Å². The Morgan fingerprint density at radius 1 is 1.18 bits per heavy atom. The van der Waals surface area contributed by atoms with Crippen molar-refractivity contribution in [1.29, 1.82) is 0 Å². The number of hydroxylamine groups is 2. The normalized spacial score (nSPS) is 23.5. The number of carbonyl (C=O) groups excluding carboxylic acids is 3. The van der Waals surface area contributed by atoms with E-state index in [-0.39, 0.29) is 36.3 Å². The van der Waals surface area contributed by atoms with Crippen LogP contribution in [0, 0.1) is 11.8 Å². The monoisotopic (exact) mass is 309 g/mol. The summed E-state index contributed by atoms with van der Waals surface area (Å²) in [5.74, 6) is -2.98. The molecule has 2 aliphatic rings. The number of amides is 2. The molecule has 0 saturated heterocycles. The Labute approximate surface area is 124 Å². The van der Waals surface area contributed by atoms with Crippen LogP contribution >= 0.6 is 0 Å². The zero-order valence-electron chi connectivity index (χ0n) is 11.5. The number of halogens is 2. The Hall–Kier alpha value is -2.31. The molecule has 1 saturated carbocycles. The maximum absolute atomic E-state index is 12.4. The predicted octanol–water partition coefficient (Wildman–Crippen LogP) is 2.42. The molecule has 2 amide bonds. The third kappa shape index (κ3) is 2.47. The molecule has 116 valence electrons. The van der Waals surface area contributed by atoms with E-state index in [1.807, 2.05) is 0 Å². The van der Waals surface area contributed by atoms with Crippen molar-refractivity contribution < 1.29 is 28.0 Å². The number of alkyl halides is 2. The second-order valence-electron chi connectivity index (χ2n) is 5.55. The van der Waals surface area contributed by atoms with Crippen LogP contribution in [-0.2, 0) is 9.63 Å². The molecule has 3 rings (SSSR count). The average molecular weight is 309 g/mol. The van der Waals surface area contributed by atoms with Crippen LogP contribution in [0.1, 0.15) is 40.0 Å². The van der Waals surface area contributed by atoms with E-state index in [0.717, 1.165) is 0 Å². The number of hydrogen-bond acceptors (Lipinski definition) is 4. The van der Waals surface area contributed by atoms with E-state index in [2.05, 4.69) is 0 Å². The lowest BCUT2D eigenvalue weighted by molar-refractivity contribution is -0.171. The zero-order valence-corrected chi connectivity index (χ0v) is 11.5. The van der Waals surface area contributed by atoms with E-state index in [4.69, 9.17) is 4.84 Å². The first kappa shape index (κ1) is 14.6. The van der Waals surface area contributed by atoms with Crippen LogP contribution in [0.5, 0.6) is 0 Å². The van der Waals surface area contributed by atoms with Crippen molar-refractivity contribution in [2.75, 3.05) is 0 Å². The van der Waals surface area contributed by atoms with Gasteiger partial charge in [-0.1, -0.05) is 17.2 Å². The van der Waals surface area contributed by atoms with Gasteiger partial charge >= 0.3 is 5.97 Å². The highest BCUT2D eigenvalue weighted by molar-refractivity contribution is 6.20. The summed E-state index contributed by atoms with van der Waals surface area (Å²) in [6.07, 6.45) is -1.93. The SMILES string of the molecule is O=C(CC1CC(C(F)F)C1)ON1C(=O)c2ccccc2C1=O. The van der Waals surface area contributed by atoms with Crippen LogP contribution in [0.15, 0.2) is 24.3 Å². The fourth-order valence-electron chi connectivity index (χ4n) is 2.78. The summed E-state index contributed by atoms with van der Waals surface area (Å²) >= 11 is 0. The summed E-state index contributed by atoms with van der Waals surface area (Å²) in [5.41, 5.74) is 0.364. The quantitative estimate of drug-likeness (QED) is 0.801. The largest absolute Gasteiger partial charge is 0.333 e. The van der Waals surface area contributed by atoms with E-state index in [1.54, 1.807) is 12.1 Å². The molecule has 0 radical (unpaired) electrons. The van der Waals surface area contributed by atoms with Crippen LogP contribution in [0.25, 0.3) is 0 Å². The molecule has 0 N–H and O–H groups in total. The van der Waals surface area contributed by atoms with Gasteiger partial charge in [0.1, 0.15) is 0 Å². The van der Waals surface area contributed by atoms with Gasteiger partial charge in [-0.05, 0) is 30.9 Å². The molecule has 0 atom stereocenters. The van der Waals surface area contributed by atoms with Crippen LogP contribution in [0.2, 0.25) is 0 Å². The van der Waals surface area contributed by atoms with Crippen molar-refractivity contribution in [3.8, 4) is 0 Å². The number of hydrogen-bond donors (Lipinski definition) is 0. The van der Waals surface area contributed by atoms with Gasteiger partial charge < -0.3 is 4.84 Å². The molecule has 5 nitrogen and oxygen atoms in total. The van der Waals surface area contributed by atoms with Crippen LogP contribution in [-0.4, -0.2) is 29.3 Å². The lowest BCUT2D eigenvalue weighted by atomic mass is 9.73. The fourth-order valence-corrected chi connectivity index (χ4v) is 2.78. The molecule has 1 aliphatic heterocycles. The Bertz CT molecular complexity index is 605. The van der Waals surface area contributed by atoms with E-state index in [0.29, 0.717) is 5.06 Å². The molecular weight excluding hydrogens is 296 g/mol. The van der Waals surface area contributed by atoms with Crippen molar-refractivity contribution in [1.82, 2.24) is 5.06 Å². The maximum atomic E-state index is 12.4. The molecule has 1 aromatic rings. The van der Waals surface area contributed by atoms with Crippen LogP contribution in [0.4, 0.5) is 8.78 Å². The second-order valence-corrected chi connectivity index (χ2v) is 5.55. The Morgan fingerprint density at radius 2 is 1.73 bits per heavy atom. The highest BCUT2D eigenvalue weighted by Gasteiger charge is 2.40. The highest BCUT2D eigenvalue weighted by Crippen LogP contribution is 2.40. The predicted molar refractivity (Wildman–Crippen MR) is 69.9 cm³/mol. The van der Waals surface area contributed by atoms with E-state index < -0.39 is 30.1 Å². The van der Waals surface area contributed by atoms with Crippen LogP contribution in [0.3, 0.4) is 0 Å². The number of rotatable bonds is 4. The molecule has 7 heteroatoms. The first-order chi connectivity index (χ1) is 10.5. The average Bonchev–Trinajstić information content (AvgIpc) is 2.68. The summed E-state index contributed by atoms with van der Waals surface area (Å²) < 4.78 is 24.7. The van der Waals surface area contributed by atoms with Gasteiger partial charge in [0.2, 0.25) is 6.43 Å². The number of fused-ring (bicyclic) bond motifs is 1. The van der Waals surface area contributed by atoms with Gasteiger partial charge in [0.25, 0.3) is 11.8 Å². The van der Waals surface area contributed by atoms with Crippen molar-refractivity contribution in [2.45, 2.75) is 25.7 Å². The zero-order chi connectivity index (χ0) is 15.9. The van der Waals surface area contributed by atoms with E-state index in [1.165, 1.54) is 12.1 Å². The number of benzene rings is 1. The summed E-state index contributed by atoms with van der Waals surface area (Å²) in [4.78, 5) is 40.6. The molecule has 0 aromatic heterocycles. The number of imide groups is 1. The molecule has 22 heavy (non-hydrogen) atoms. The van der Waals surface area contributed by atoms with Crippen molar-refractivity contribution in [3.63, 3.8) is 0 Å². The summed E-state index contributed by atoms with van der Waals surface area (Å²) in [5, 5.41) is 0.441. The van der Waals surface area contributed by atoms with Gasteiger partial charge in [-0.2, -0.15) is 0 Å². The lowest BCUT2D eigenvalue weighted by Gasteiger charge is -2.34. The van der Waals surface area contributed by atoms with Gasteiger partial charge in [0.05, 0.1) is 17.5 Å². The van der Waals surface area contributed by atoms with Crippen molar-refractivity contribution in [3.05, 3.63) is 35.4 Å². The first-order valence-corrected chi connectivity index (χ1v) is 6.94. The summed E-state index contributed by atoms with van der Waals surface area (Å²) in [6.45, 7) is 0. The molecule has 0 unspecified atom stereocenters. The number of nitrogens with zero attached hydrogens (tertiary/aromatic N) is 1. The van der Waals surface area contributed by atoms with Gasteiger partial charge in [-0.3, -0.25) is 9.59 Å². The summed E-state index contributed by atoms with van der Waals surface area (Å²) in [7, 11) is 0. The van der Waals surface area contributed by atoms with Crippen molar-refractivity contribution >= 4 is 17.8 Å². The van der Waals surface area contributed by atoms with E-state index in [9.17, 15) is 23.2 Å². The lowest BCUT2D eigenvalue weighted by Crippen LogP contribution is -2.36. The Balaban J connectivity index is 1.57. The van der Waals surface area contributed by atoms with Gasteiger partial charge in [0.15, 0.2) is 0 Å². The first-order valence-electron chi connectivity index (χ1n) is 6.94. The third-order valence-corrected chi connectivity index (χ3v) is 4.03. The van der Waals surface area contributed by atoms with Gasteiger partial charge in [-0.25, -0.2) is 13.6 Å². The standard InChI is InChI=1S/C15H13F2NO4/c16-13(17)9-5-8(6-9)7-12(19)22-18-14(20)10-3-1-2-4-11(10)15(18)21/h1-4,8-9,13H,5-7H2. The molecule has 1 heterocycles. The van der Waals surface area contributed by atoms with Gasteiger partial charge in [-0.15, -0.1) is 0 Å². The maximum Gasteiger partial charge on any atom is 0.333 e. The van der Waals surface area contributed by atoms with Gasteiger partial charge in [0, 0.05) is 5.92 Å². The second kappa shape index (κ2) is 5.47. The molecular formula is C15H13F2NO4. The molecule has 0 bridgehead atoms. The third-order valence-electron chi connectivity index (χ3n) is 4.03. The highest BCUT2D eigenvalue weighted by atomic mass is 19.3. The van der Waals surface area contributed by atoms with Crippen molar-refractivity contribution in [2.24, 2.45) is 11.8 Å². The molecule has 1 aromatic carbocycles. The Kier molecular flexibility index (Phi) is 3.64. The smallest absolute Gasteiger partial charge is 0.330 e. The minimum Gasteiger partial charge on any atom is -0.330 e. The Morgan fingerprint density at radius 3 is 2.23 bits per heavy atom. The molecule has 0 spiro atoms. The molecule has 1 fully saturated rings. The summed E-state index contributed by atoms with van der Waals surface area (Å²) in [6, 6.07) is 6.16. The molecule has 1 aliphatic carbocycles. The van der Waals surface area contributed by atoms with E-state index >= 15 is 0 Å².